The van der Waals surface area contributed by atoms with Gasteiger partial charge in [-0.1, -0.05) is 35.3 Å². The molecule has 0 N–H and O–H groups in total. The van der Waals surface area contributed by atoms with Gasteiger partial charge in [-0.25, -0.2) is 8.78 Å². The van der Waals surface area contributed by atoms with Gasteiger partial charge in [-0.05, 0) is 41.8 Å². The average Bonchev–Trinajstić information content (AvgIpc) is 2.33. The molecule has 0 fully saturated rings. The van der Waals surface area contributed by atoms with E-state index in [1.807, 2.05) is 0 Å². The Bertz CT molecular complexity index is 579. The van der Waals surface area contributed by atoms with Crippen molar-refractivity contribution in [3.63, 3.8) is 0 Å². The summed E-state index contributed by atoms with van der Waals surface area (Å²) in [7, 11) is 0. The summed E-state index contributed by atoms with van der Waals surface area (Å²) in [5.74, 6) is -1.76. The zero-order valence-electron chi connectivity index (χ0n) is 9.64. The lowest BCUT2D eigenvalue weighted by Gasteiger charge is -2.12. The predicted octanol–water partition coefficient (Wildman–Crippen LogP) is 5.79. The highest BCUT2D eigenvalue weighted by molar-refractivity contribution is 6.35. The summed E-state index contributed by atoms with van der Waals surface area (Å²) >= 11 is 18.0. The van der Waals surface area contributed by atoms with Crippen LogP contribution in [0, 0.1) is 11.6 Å². The third kappa shape index (κ3) is 3.59. The summed E-state index contributed by atoms with van der Waals surface area (Å²) in [4.78, 5) is 0. The van der Waals surface area contributed by atoms with Crippen LogP contribution in [0.3, 0.4) is 0 Å². The van der Waals surface area contributed by atoms with Crippen molar-refractivity contribution in [3.8, 4) is 0 Å². The minimum Gasteiger partial charge on any atom is -0.204 e. The lowest BCUT2D eigenvalue weighted by molar-refractivity contribution is 0.498. The van der Waals surface area contributed by atoms with Crippen LogP contribution < -0.4 is 0 Å². The molecule has 0 saturated heterocycles. The highest BCUT2D eigenvalue weighted by Crippen LogP contribution is 2.30. The molecule has 1 atom stereocenters. The molecule has 1 unspecified atom stereocenters. The van der Waals surface area contributed by atoms with E-state index in [-0.39, 0.29) is 12.0 Å². The van der Waals surface area contributed by atoms with Crippen molar-refractivity contribution in [1.29, 1.82) is 0 Å². The maximum Gasteiger partial charge on any atom is 0.162 e. The molecule has 0 bridgehead atoms. The molecule has 19 heavy (non-hydrogen) atoms. The van der Waals surface area contributed by atoms with E-state index in [0.717, 1.165) is 6.07 Å². The first-order valence-corrected chi connectivity index (χ1v) is 6.69. The molecule has 2 rings (SSSR count). The second-order valence-corrected chi connectivity index (χ2v) is 5.49. The Hall–Kier alpha value is -0.830. The summed E-state index contributed by atoms with van der Waals surface area (Å²) in [6.45, 7) is 0. The summed E-state index contributed by atoms with van der Waals surface area (Å²) in [5, 5.41) is 0.369. The maximum absolute atomic E-state index is 13.6. The maximum atomic E-state index is 13.6. The van der Waals surface area contributed by atoms with E-state index < -0.39 is 17.0 Å². The van der Waals surface area contributed by atoms with Gasteiger partial charge in [0.15, 0.2) is 11.6 Å². The van der Waals surface area contributed by atoms with Crippen LogP contribution in [0.2, 0.25) is 10.0 Å². The van der Waals surface area contributed by atoms with Crippen molar-refractivity contribution in [2.45, 2.75) is 11.8 Å². The molecule has 0 aliphatic carbocycles. The fourth-order valence-electron chi connectivity index (χ4n) is 1.77. The van der Waals surface area contributed by atoms with Gasteiger partial charge in [-0.15, -0.1) is 11.6 Å². The minimum atomic E-state index is -0.884. The van der Waals surface area contributed by atoms with Gasteiger partial charge in [-0.3, -0.25) is 0 Å². The highest BCUT2D eigenvalue weighted by atomic mass is 35.5. The Kier molecular flexibility index (Phi) is 4.67. The smallest absolute Gasteiger partial charge is 0.162 e. The molecule has 0 radical (unpaired) electrons. The Morgan fingerprint density at radius 1 is 1.00 bits per heavy atom. The van der Waals surface area contributed by atoms with Crippen molar-refractivity contribution in [2.24, 2.45) is 0 Å². The molecule has 0 nitrogen and oxygen atoms in total. The monoisotopic (exact) mass is 320 g/mol. The van der Waals surface area contributed by atoms with Gasteiger partial charge in [0.2, 0.25) is 0 Å². The zero-order valence-corrected chi connectivity index (χ0v) is 11.9. The number of halogens is 5. The van der Waals surface area contributed by atoms with Crippen molar-refractivity contribution in [1.82, 2.24) is 0 Å². The Balaban J connectivity index is 2.25. The quantitative estimate of drug-likeness (QED) is 0.627. The molecule has 0 amide bonds. The van der Waals surface area contributed by atoms with Gasteiger partial charge >= 0.3 is 0 Å². The molecular weight excluding hydrogens is 313 g/mol. The number of hydrogen-bond donors (Lipinski definition) is 0. The van der Waals surface area contributed by atoms with Gasteiger partial charge in [0.1, 0.15) is 0 Å². The van der Waals surface area contributed by atoms with Crippen LogP contribution in [0.4, 0.5) is 8.78 Å². The Morgan fingerprint density at radius 2 is 1.63 bits per heavy atom. The second kappa shape index (κ2) is 6.08. The second-order valence-electron chi connectivity index (χ2n) is 4.09. The van der Waals surface area contributed by atoms with Crippen LogP contribution in [0.25, 0.3) is 0 Å². The van der Waals surface area contributed by atoms with Crippen molar-refractivity contribution in [3.05, 3.63) is 69.2 Å². The largest absolute Gasteiger partial charge is 0.204 e. The summed E-state index contributed by atoms with van der Waals surface area (Å²) in [6.07, 6.45) is 0.155. The third-order valence-electron chi connectivity index (χ3n) is 2.68. The van der Waals surface area contributed by atoms with Crippen LogP contribution in [-0.4, -0.2) is 0 Å². The molecule has 0 aromatic heterocycles. The fourth-order valence-corrected chi connectivity index (χ4v) is 2.61. The first-order chi connectivity index (χ1) is 8.97. The summed E-state index contributed by atoms with van der Waals surface area (Å²) in [5.41, 5.74) is 0.888. The van der Waals surface area contributed by atoms with E-state index in [4.69, 9.17) is 34.8 Å². The predicted molar refractivity (Wildman–Crippen MR) is 75.1 cm³/mol. The standard InChI is InChI=1S/C14H9Cl3F2/c15-10-4-9(5-11(16)7-10)12(17)6-8-2-1-3-13(18)14(8)19/h1-5,7,12H,6H2. The van der Waals surface area contributed by atoms with E-state index >= 15 is 0 Å². The highest BCUT2D eigenvalue weighted by Gasteiger charge is 2.15. The molecule has 5 heteroatoms. The normalized spacial score (nSPS) is 12.5. The number of hydrogen-bond acceptors (Lipinski definition) is 0. The zero-order chi connectivity index (χ0) is 14.0. The lowest BCUT2D eigenvalue weighted by Crippen LogP contribution is -2.00. The molecule has 0 spiro atoms. The van der Waals surface area contributed by atoms with Gasteiger partial charge in [0, 0.05) is 10.0 Å². The van der Waals surface area contributed by atoms with Crippen LogP contribution in [0.1, 0.15) is 16.5 Å². The van der Waals surface area contributed by atoms with Crippen molar-refractivity contribution < 1.29 is 8.78 Å². The van der Waals surface area contributed by atoms with E-state index in [1.54, 1.807) is 18.2 Å². The number of alkyl halides is 1. The first-order valence-electron chi connectivity index (χ1n) is 5.50. The topological polar surface area (TPSA) is 0 Å². The molecule has 100 valence electrons. The summed E-state index contributed by atoms with van der Waals surface area (Å²) < 4.78 is 26.7. The Labute approximate surface area is 124 Å². The van der Waals surface area contributed by atoms with Crippen LogP contribution in [0.15, 0.2) is 36.4 Å². The van der Waals surface area contributed by atoms with Crippen LogP contribution in [-0.2, 0) is 6.42 Å². The van der Waals surface area contributed by atoms with Gasteiger partial charge < -0.3 is 0 Å². The fraction of sp³-hybridized carbons (Fsp3) is 0.143. The van der Waals surface area contributed by atoms with E-state index in [2.05, 4.69) is 0 Å². The number of benzene rings is 2. The number of rotatable bonds is 3. The molecular formula is C14H9Cl3F2. The first kappa shape index (κ1) is 14.6. The van der Waals surface area contributed by atoms with Crippen molar-refractivity contribution in [2.75, 3.05) is 0 Å². The minimum absolute atomic E-state index is 0.155. The lowest BCUT2D eigenvalue weighted by atomic mass is 10.0. The van der Waals surface area contributed by atoms with E-state index in [9.17, 15) is 8.78 Å². The van der Waals surface area contributed by atoms with Gasteiger partial charge in [0.25, 0.3) is 0 Å². The molecule has 2 aromatic rings. The molecule has 0 heterocycles. The average molecular weight is 322 g/mol. The molecule has 0 saturated carbocycles. The molecule has 2 aromatic carbocycles. The summed E-state index contributed by atoms with van der Waals surface area (Å²) in [6, 6.07) is 8.91. The SMILES string of the molecule is Fc1cccc(CC(Cl)c2cc(Cl)cc(Cl)c2)c1F. The van der Waals surface area contributed by atoms with Gasteiger partial charge in [0.05, 0.1) is 5.38 Å². The molecule has 0 aliphatic heterocycles. The van der Waals surface area contributed by atoms with E-state index in [1.165, 1.54) is 12.1 Å². The van der Waals surface area contributed by atoms with Crippen molar-refractivity contribution >= 4 is 34.8 Å². The third-order valence-corrected chi connectivity index (χ3v) is 3.52. The van der Waals surface area contributed by atoms with Crippen LogP contribution in [0.5, 0.6) is 0 Å². The van der Waals surface area contributed by atoms with E-state index in [0.29, 0.717) is 15.6 Å². The molecule has 0 aliphatic rings. The Morgan fingerprint density at radius 3 is 2.26 bits per heavy atom. The van der Waals surface area contributed by atoms with Gasteiger partial charge in [-0.2, -0.15) is 0 Å². The van der Waals surface area contributed by atoms with Crippen LogP contribution >= 0.6 is 34.8 Å².